The molecule has 6 rings (SSSR count). The van der Waals surface area contributed by atoms with Crippen LogP contribution in [0.2, 0.25) is 5.02 Å². The van der Waals surface area contributed by atoms with Gasteiger partial charge in [0.05, 0.1) is 35.0 Å². The topological polar surface area (TPSA) is 96.7 Å². The van der Waals surface area contributed by atoms with Crippen LogP contribution in [-0.2, 0) is 10.3 Å². The van der Waals surface area contributed by atoms with Gasteiger partial charge in [-0.3, -0.25) is 4.79 Å². The van der Waals surface area contributed by atoms with Crippen LogP contribution in [0.3, 0.4) is 0 Å². The molecule has 29 heavy (non-hydrogen) atoms. The van der Waals surface area contributed by atoms with Gasteiger partial charge >= 0.3 is 11.9 Å². The van der Waals surface area contributed by atoms with E-state index in [9.17, 15) is 9.59 Å². The number of morpholine rings is 1. The first-order valence-corrected chi connectivity index (χ1v) is 10.6. The summed E-state index contributed by atoms with van der Waals surface area (Å²) >= 11 is 6.52. The van der Waals surface area contributed by atoms with E-state index in [-0.39, 0.29) is 30.0 Å². The summed E-state index contributed by atoms with van der Waals surface area (Å²) in [6.45, 7) is 1.14. The number of nitrogens with one attached hydrogen (secondary N) is 2. The maximum Gasteiger partial charge on any atom is 0.319 e. The van der Waals surface area contributed by atoms with Crippen molar-refractivity contribution in [2.75, 3.05) is 18.5 Å². The Balaban J connectivity index is 1.48. The minimum Gasteiger partial charge on any atom is -0.432 e. The first-order valence-electron chi connectivity index (χ1n) is 10.2. The molecule has 3 aliphatic heterocycles. The molecule has 4 heterocycles. The number of urea groups is 1. The Morgan fingerprint density at radius 1 is 1.31 bits per heavy atom. The number of hydrogen-bond acceptors (Lipinski definition) is 5. The summed E-state index contributed by atoms with van der Waals surface area (Å²) in [5, 5.41) is 6.35. The summed E-state index contributed by atoms with van der Waals surface area (Å²) in [5.41, 5.74) is 1.91. The molecule has 0 radical (unpaired) electrons. The Kier molecular flexibility index (Phi) is 3.68. The molecule has 2 aromatic rings. The van der Waals surface area contributed by atoms with Gasteiger partial charge in [-0.25, -0.2) is 9.78 Å². The van der Waals surface area contributed by atoms with Gasteiger partial charge in [-0.1, -0.05) is 30.9 Å². The molecule has 9 heteroatoms. The van der Waals surface area contributed by atoms with E-state index >= 15 is 0 Å². The van der Waals surface area contributed by atoms with Gasteiger partial charge in [0, 0.05) is 12.1 Å². The van der Waals surface area contributed by atoms with Crippen LogP contribution in [0.25, 0.3) is 11.1 Å². The summed E-state index contributed by atoms with van der Waals surface area (Å²) in [5.74, 6) is -0.146. The van der Waals surface area contributed by atoms with Gasteiger partial charge in [0.1, 0.15) is 5.52 Å². The normalized spacial score (nSPS) is 27.2. The van der Waals surface area contributed by atoms with Crippen molar-refractivity contribution in [1.29, 1.82) is 0 Å². The SMILES string of the molecule is O=C1Nc2c(Cl)cc3nc(C(=O)N4C[C@@H]5C[C@H]4CO5)oc3c2C2(CCCCC2)N1. The molecule has 1 spiro atoms. The number of halogens is 1. The maximum atomic E-state index is 13.1. The molecule has 1 aliphatic carbocycles. The van der Waals surface area contributed by atoms with E-state index in [1.807, 2.05) is 0 Å². The van der Waals surface area contributed by atoms with Crippen LogP contribution in [0.15, 0.2) is 10.5 Å². The van der Waals surface area contributed by atoms with Gasteiger partial charge in [0.15, 0.2) is 5.58 Å². The Morgan fingerprint density at radius 3 is 2.86 bits per heavy atom. The quantitative estimate of drug-likeness (QED) is 0.742. The highest BCUT2D eigenvalue weighted by molar-refractivity contribution is 6.35. The Morgan fingerprint density at radius 2 is 2.14 bits per heavy atom. The number of carbonyl (C=O) groups is 2. The average molecular weight is 417 g/mol. The molecule has 4 aliphatic rings. The molecule has 0 unspecified atom stereocenters. The largest absolute Gasteiger partial charge is 0.432 e. The zero-order valence-corrected chi connectivity index (χ0v) is 16.6. The number of amides is 3. The number of fused-ring (bicyclic) bond motifs is 6. The number of aromatic nitrogens is 1. The number of nitrogens with zero attached hydrogens (tertiary/aromatic N) is 2. The first-order chi connectivity index (χ1) is 14.0. The summed E-state index contributed by atoms with van der Waals surface area (Å²) in [6.07, 6.45) is 5.73. The monoisotopic (exact) mass is 416 g/mol. The van der Waals surface area contributed by atoms with Crippen molar-refractivity contribution < 1.29 is 18.7 Å². The van der Waals surface area contributed by atoms with E-state index in [4.69, 9.17) is 20.8 Å². The molecule has 1 aromatic heterocycles. The summed E-state index contributed by atoms with van der Waals surface area (Å²) < 4.78 is 11.7. The van der Waals surface area contributed by atoms with Crippen LogP contribution < -0.4 is 10.6 Å². The van der Waals surface area contributed by atoms with Gasteiger partial charge in [0.25, 0.3) is 5.89 Å². The van der Waals surface area contributed by atoms with Crippen molar-refractivity contribution in [2.45, 2.75) is 56.2 Å². The Bertz CT molecular complexity index is 1040. The molecular formula is C20H21ClN4O4. The number of carbonyl (C=O) groups excluding carboxylic acids is 2. The van der Waals surface area contributed by atoms with Crippen LogP contribution in [0.4, 0.5) is 10.5 Å². The van der Waals surface area contributed by atoms with E-state index in [1.54, 1.807) is 11.0 Å². The summed E-state index contributed by atoms with van der Waals surface area (Å²) in [4.78, 5) is 31.7. The molecule has 3 amide bonds. The number of oxazole rings is 1. The fourth-order valence-corrected chi connectivity index (χ4v) is 5.68. The Hall–Kier alpha value is -2.32. The lowest BCUT2D eigenvalue weighted by Crippen LogP contribution is -2.52. The summed E-state index contributed by atoms with van der Waals surface area (Å²) in [6, 6.07) is 1.49. The highest BCUT2D eigenvalue weighted by atomic mass is 35.5. The van der Waals surface area contributed by atoms with Gasteiger partial charge in [-0.2, -0.15) is 0 Å². The zero-order chi connectivity index (χ0) is 19.8. The number of rotatable bonds is 1. The second-order valence-corrected chi connectivity index (χ2v) is 8.91. The van der Waals surface area contributed by atoms with Crippen molar-refractivity contribution in [3.63, 3.8) is 0 Å². The number of anilines is 1. The average Bonchev–Trinajstić information content (AvgIpc) is 3.43. The van der Waals surface area contributed by atoms with Crippen LogP contribution in [0.1, 0.15) is 54.8 Å². The second-order valence-electron chi connectivity index (χ2n) is 8.50. The Labute approximate surface area is 171 Å². The smallest absolute Gasteiger partial charge is 0.319 e. The van der Waals surface area contributed by atoms with Gasteiger partial charge in [0.2, 0.25) is 0 Å². The van der Waals surface area contributed by atoms with Crippen molar-refractivity contribution in [2.24, 2.45) is 0 Å². The van der Waals surface area contributed by atoms with Crippen molar-refractivity contribution >= 4 is 40.3 Å². The maximum absolute atomic E-state index is 13.1. The number of hydrogen-bond donors (Lipinski definition) is 2. The van der Waals surface area contributed by atoms with E-state index in [0.29, 0.717) is 35.0 Å². The lowest BCUT2D eigenvalue weighted by atomic mass is 9.74. The van der Waals surface area contributed by atoms with Crippen molar-refractivity contribution in [1.82, 2.24) is 15.2 Å². The lowest BCUT2D eigenvalue weighted by molar-refractivity contribution is 0.0237. The predicted octanol–water partition coefficient (Wildman–Crippen LogP) is 3.39. The van der Waals surface area contributed by atoms with E-state index < -0.39 is 5.54 Å². The summed E-state index contributed by atoms with van der Waals surface area (Å²) in [7, 11) is 0. The zero-order valence-electron chi connectivity index (χ0n) is 15.8. The molecule has 152 valence electrons. The van der Waals surface area contributed by atoms with E-state index in [1.165, 1.54) is 0 Å². The van der Waals surface area contributed by atoms with Gasteiger partial charge in [-0.15, -0.1) is 0 Å². The van der Waals surface area contributed by atoms with Gasteiger partial charge < -0.3 is 24.7 Å². The third-order valence-electron chi connectivity index (χ3n) is 6.75. The number of ether oxygens (including phenoxy) is 1. The molecule has 2 bridgehead atoms. The van der Waals surface area contributed by atoms with Crippen molar-refractivity contribution in [3.8, 4) is 0 Å². The predicted molar refractivity (Wildman–Crippen MR) is 105 cm³/mol. The third kappa shape index (κ3) is 2.51. The van der Waals surface area contributed by atoms with E-state index in [0.717, 1.165) is 44.1 Å². The number of likely N-dealkylation sites (tertiary alicyclic amines) is 1. The lowest BCUT2D eigenvalue weighted by Gasteiger charge is -2.42. The molecule has 8 nitrogen and oxygen atoms in total. The van der Waals surface area contributed by atoms with Crippen molar-refractivity contribution in [3.05, 3.63) is 22.5 Å². The minimum atomic E-state index is -0.542. The molecule has 3 fully saturated rings. The molecule has 1 aromatic carbocycles. The minimum absolute atomic E-state index is 0.0693. The fourth-order valence-electron chi connectivity index (χ4n) is 5.43. The first kappa shape index (κ1) is 17.5. The van der Waals surface area contributed by atoms with Gasteiger partial charge in [-0.05, 0) is 25.3 Å². The van der Waals surface area contributed by atoms with Crippen LogP contribution in [-0.4, -0.2) is 47.1 Å². The molecule has 2 saturated heterocycles. The number of benzene rings is 1. The molecular weight excluding hydrogens is 396 g/mol. The highest BCUT2D eigenvalue weighted by Crippen LogP contribution is 2.48. The van der Waals surface area contributed by atoms with Crippen LogP contribution in [0.5, 0.6) is 0 Å². The molecule has 1 saturated carbocycles. The fraction of sp³-hybridized carbons (Fsp3) is 0.550. The highest BCUT2D eigenvalue weighted by Gasteiger charge is 2.46. The van der Waals surface area contributed by atoms with E-state index in [2.05, 4.69) is 15.6 Å². The molecule has 2 N–H and O–H groups in total. The third-order valence-corrected chi connectivity index (χ3v) is 7.05. The standard InChI is InChI=1S/C20H21ClN4O4/c21-12-7-13-16(14-15(12)23-19(27)24-20(14)4-2-1-3-5-20)29-17(22-13)18(26)25-8-11-6-10(25)9-28-11/h7,10-11H,1-6,8-9H2,(H2,23,24,27)/t10-,11-/m0/s1. The molecule has 2 atom stereocenters. The second kappa shape index (κ2) is 6.09. The van der Waals surface area contributed by atoms with Crippen LogP contribution >= 0.6 is 11.6 Å². The van der Waals surface area contributed by atoms with Crippen LogP contribution in [0, 0.1) is 0 Å².